The fourth-order valence-corrected chi connectivity index (χ4v) is 2.80. The van der Waals surface area contributed by atoms with E-state index in [9.17, 15) is 4.79 Å². The molecule has 3 aromatic rings. The first-order chi connectivity index (χ1) is 13.1. The highest BCUT2D eigenvalue weighted by Gasteiger charge is 2.22. The normalized spacial score (nSPS) is 10.8. The summed E-state index contributed by atoms with van der Waals surface area (Å²) >= 11 is 6.19. The van der Waals surface area contributed by atoms with Crippen molar-refractivity contribution in [2.45, 2.75) is 13.8 Å². The lowest BCUT2D eigenvalue weighted by molar-refractivity contribution is 0.0938. The molecule has 0 saturated carbocycles. The fraction of sp³-hybridized carbons (Fsp3) is 0.250. The first-order valence-electron chi connectivity index (χ1n) is 8.64. The molecule has 0 spiro atoms. The molecule has 0 aliphatic heterocycles. The molecule has 0 atom stereocenters. The van der Waals surface area contributed by atoms with Gasteiger partial charge in [0.2, 0.25) is 0 Å². The highest BCUT2D eigenvalue weighted by Crippen LogP contribution is 2.25. The Morgan fingerprint density at radius 2 is 1.85 bits per heavy atom. The van der Waals surface area contributed by atoms with Gasteiger partial charge in [0, 0.05) is 12.2 Å². The molecular weight excluding hydrogens is 366 g/mol. The van der Waals surface area contributed by atoms with Gasteiger partial charge in [0.1, 0.15) is 6.61 Å². The van der Waals surface area contributed by atoms with Gasteiger partial charge in [0.25, 0.3) is 5.91 Å². The SMILES string of the molecule is CCOCCOc1nc(-c2ccccc2C)n(C(=O)c2ccccc2Cl)n1. The minimum Gasteiger partial charge on any atom is -0.460 e. The molecule has 2 aromatic carbocycles. The van der Waals surface area contributed by atoms with Gasteiger partial charge in [-0.1, -0.05) is 48.0 Å². The zero-order chi connectivity index (χ0) is 19.2. The van der Waals surface area contributed by atoms with Crippen LogP contribution in [0.2, 0.25) is 5.02 Å². The van der Waals surface area contributed by atoms with E-state index in [1.807, 2.05) is 38.1 Å². The number of hydrogen-bond donors (Lipinski definition) is 0. The molecule has 3 rings (SSSR count). The van der Waals surface area contributed by atoms with E-state index in [-0.39, 0.29) is 11.9 Å². The smallest absolute Gasteiger partial charge is 0.336 e. The summed E-state index contributed by atoms with van der Waals surface area (Å²) in [6.07, 6.45) is 0. The van der Waals surface area contributed by atoms with Crippen LogP contribution in [0.25, 0.3) is 11.4 Å². The van der Waals surface area contributed by atoms with Gasteiger partial charge in [0.05, 0.1) is 17.2 Å². The first kappa shape index (κ1) is 19.1. The van der Waals surface area contributed by atoms with E-state index < -0.39 is 0 Å². The predicted octanol–water partition coefficient (Wildman–Crippen LogP) is 4.01. The van der Waals surface area contributed by atoms with E-state index in [0.717, 1.165) is 11.1 Å². The molecule has 0 aliphatic carbocycles. The van der Waals surface area contributed by atoms with E-state index in [0.29, 0.717) is 36.2 Å². The molecule has 140 valence electrons. The highest BCUT2D eigenvalue weighted by molar-refractivity contribution is 6.33. The molecule has 6 nitrogen and oxygen atoms in total. The summed E-state index contributed by atoms with van der Waals surface area (Å²) in [5.41, 5.74) is 2.11. The third kappa shape index (κ3) is 4.35. The number of nitrogens with zero attached hydrogens (tertiary/aromatic N) is 3. The summed E-state index contributed by atoms with van der Waals surface area (Å²) in [6, 6.07) is 14.6. The van der Waals surface area contributed by atoms with Crippen molar-refractivity contribution in [3.63, 3.8) is 0 Å². The van der Waals surface area contributed by atoms with Crippen molar-refractivity contribution in [3.05, 3.63) is 64.7 Å². The molecule has 0 amide bonds. The van der Waals surface area contributed by atoms with Crippen LogP contribution < -0.4 is 4.74 Å². The van der Waals surface area contributed by atoms with Crippen molar-refractivity contribution in [3.8, 4) is 17.4 Å². The maximum atomic E-state index is 13.1. The van der Waals surface area contributed by atoms with Gasteiger partial charge in [0.15, 0.2) is 5.82 Å². The molecule has 0 unspecified atom stereocenters. The maximum absolute atomic E-state index is 13.1. The summed E-state index contributed by atoms with van der Waals surface area (Å²) in [7, 11) is 0. The molecule has 0 N–H and O–H groups in total. The van der Waals surface area contributed by atoms with Crippen LogP contribution in [0.3, 0.4) is 0 Å². The fourth-order valence-electron chi connectivity index (χ4n) is 2.58. The van der Waals surface area contributed by atoms with Crippen LogP contribution in [-0.2, 0) is 4.74 Å². The number of carbonyl (C=O) groups excluding carboxylic acids is 1. The van der Waals surface area contributed by atoms with Crippen molar-refractivity contribution in [1.29, 1.82) is 0 Å². The molecule has 0 bridgehead atoms. The Morgan fingerprint density at radius 1 is 1.11 bits per heavy atom. The van der Waals surface area contributed by atoms with E-state index in [2.05, 4.69) is 10.1 Å². The van der Waals surface area contributed by atoms with Crippen molar-refractivity contribution < 1.29 is 14.3 Å². The average Bonchev–Trinajstić information content (AvgIpc) is 3.09. The van der Waals surface area contributed by atoms with Crippen LogP contribution in [0, 0.1) is 6.92 Å². The molecule has 0 radical (unpaired) electrons. The molecular formula is C20H20ClN3O3. The quantitative estimate of drug-likeness (QED) is 0.575. The van der Waals surface area contributed by atoms with Gasteiger partial charge < -0.3 is 9.47 Å². The summed E-state index contributed by atoms with van der Waals surface area (Å²) in [5, 5.41) is 4.62. The predicted molar refractivity (Wildman–Crippen MR) is 103 cm³/mol. The summed E-state index contributed by atoms with van der Waals surface area (Å²) in [4.78, 5) is 17.5. The number of rotatable bonds is 7. The minimum atomic E-state index is -0.369. The Bertz CT molecular complexity index is 940. The second-order valence-corrected chi connectivity index (χ2v) is 6.18. The lowest BCUT2D eigenvalue weighted by Crippen LogP contribution is -2.16. The highest BCUT2D eigenvalue weighted by atomic mass is 35.5. The van der Waals surface area contributed by atoms with Gasteiger partial charge >= 0.3 is 6.01 Å². The van der Waals surface area contributed by atoms with E-state index in [4.69, 9.17) is 21.1 Å². The lowest BCUT2D eigenvalue weighted by Gasteiger charge is -2.07. The molecule has 0 fully saturated rings. The number of hydrogen-bond acceptors (Lipinski definition) is 5. The van der Waals surface area contributed by atoms with Crippen LogP contribution in [-0.4, -0.2) is 40.5 Å². The van der Waals surface area contributed by atoms with Gasteiger partial charge in [-0.05, 0) is 31.5 Å². The maximum Gasteiger partial charge on any atom is 0.336 e. The number of ether oxygens (including phenoxy) is 2. The van der Waals surface area contributed by atoms with Crippen LogP contribution >= 0.6 is 11.6 Å². The minimum absolute atomic E-state index is 0.119. The third-order valence-electron chi connectivity index (χ3n) is 3.93. The van der Waals surface area contributed by atoms with Gasteiger partial charge in [-0.2, -0.15) is 9.67 Å². The Kier molecular flexibility index (Phi) is 6.21. The molecule has 1 heterocycles. The molecule has 0 aliphatic rings. The number of carbonyl (C=O) groups is 1. The second kappa shape index (κ2) is 8.79. The Morgan fingerprint density at radius 3 is 2.59 bits per heavy atom. The second-order valence-electron chi connectivity index (χ2n) is 5.78. The summed E-state index contributed by atoms with van der Waals surface area (Å²) < 4.78 is 12.0. The first-order valence-corrected chi connectivity index (χ1v) is 9.02. The van der Waals surface area contributed by atoms with E-state index in [1.54, 1.807) is 24.3 Å². The topological polar surface area (TPSA) is 66.2 Å². The molecule has 0 saturated heterocycles. The average molecular weight is 386 g/mol. The number of aromatic nitrogens is 3. The van der Waals surface area contributed by atoms with Crippen LogP contribution in [0.15, 0.2) is 48.5 Å². The third-order valence-corrected chi connectivity index (χ3v) is 4.26. The Balaban J connectivity index is 2.00. The Labute approximate surface area is 162 Å². The number of aryl methyl sites for hydroxylation is 1. The molecule has 7 heteroatoms. The standard InChI is InChI=1S/C20H20ClN3O3/c1-3-26-12-13-27-20-22-18(15-9-5-4-8-14(15)2)24(23-20)19(25)16-10-6-7-11-17(16)21/h4-11H,3,12-13H2,1-2H3. The van der Waals surface area contributed by atoms with E-state index in [1.165, 1.54) is 4.68 Å². The van der Waals surface area contributed by atoms with Crippen LogP contribution in [0.1, 0.15) is 22.8 Å². The van der Waals surface area contributed by atoms with Crippen molar-refractivity contribution in [1.82, 2.24) is 14.8 Å². The van der Waals surface area contributed by atoms with Crippen LogP contribution in [0.4, 0.5) is 0 Å². The van der Waals surface area contributed by atoms with Gasteiger partial charge in [-0.3, -0.25) is 4.79 Å². The summed E-state index contributed by atoms with van der Waals surface area (Å²) in [5.74, 6) is 0.0374. The van der Waals surface area contributed by atoms with Crippen molar-refractivity contribution >= 4 is 17.5 Å². The van der Waals surface area contributed by atoms with Crippen LogP contribution in [0.5, 0.6) is 6.01 Å². The molecule has 1 aromatic heterocycles. The van der Waals surface area contributed by atoms with Crippen molar-refractivity contribution in [2.24, 2.45) is 0 Å². The Hall–Kier alpha value is -2.70. The van der Waals surface area contributed by atoms with Crippen molar-refractivity contribution in [2.75, 3.05) is 19.8 Å². The monoisotopic (exact) mass is 385 g/mol. The zero-order valence-electron chi connectivity index (χ0n) is 15.2. The number of benzene rings is 2. The largest absolute Gasteiger partial charge is 0.460 e. The molecule has 27 heavy (non-hydrogen) atoms. The summed E-state index contributed by atoms with van der Waals surface area (Å²) in [6.45, 7) is 5.18. The van der Waals surface area contributed by atoms with Gasteiger partial charge in [-0.25, -0.2) is 0 Å². The zero-order valence-corrected chi connectivity index (χ0v) is 15.9. The van der Waals surface area contributed by atoms with Gasteiger partial charge in [-0.15, -0.1) is 5.10 Å². The number of halogens is 1. The lowest BCUT2D eigenvalue weighted by atomic mass is 10.1. The van der Waals surface area contributed by atoms with E-state index >= 15 is 0 Å².